The fourth-order valence-electron chi connectivity index (χ4n) is 1.42. The minimum atomic E-state index is -0.382. The molecule has 0 atom stereocenters. The highest BCUT2D eigenvalue weighted by Gasteiger charge is 2.27. The van der Waals surface area contributed by atoms with Crippen LogP contribution in [-0.4, -0.2) is 34.9 Å². The molecule has 7 heteroatoms. The Morgan fingerprint density at radius 1 is 1.29 bits per heavy atom. The normalized spacial score (nSPS) is 16.5. The number of hydrogen-bond donors (Lipinski definition) is 0. The summed E-state index contributed by atoms with van der Waals surface area (Å²) >= 11 is 11.6. The van der Waals surface area contributed by atoms with E-state index in [-0.39, 0.29) is 36.7 Å². The van der Waals surface area contributed by atoms with Crippen molar-refractivity contribution in [3.63, 3.8) is 0 Å². The molecule has 0 radical (unpaired) electrons. The molecule has 0 spiro atoms. The highest BCUT2D eigenvalue weighted by atomic mass is 35.5. The number of aromatic nitrogens is 1. The molecule has 0 saturated carbocycles. The van der Waals surface area contributed by atoms with Crippen molar-refractivity contribution in [3.05, 3.63) is 28.0 Å². The van der Waals surface area contributed by atoms with E-state index in [9.17, 15) is 9.59 Å². The summed E-state index contributed by atoms with van der Waals surface area (Å²) in [5.74, 6) is -0.764. The molecular formula is C10H8Cl2N2O3. The topological polar surface area (TPSA) is 59.5 Å². The average Bonchev–Trinajstić information content (AvgIpc) is 2.26. The van der Waals surface area contributed by atoms with Gasteiger partial charge in [-0.2, -0.15) is 0 Å². The SMILES string of the molecule is O=C1COCC(=O)N1Cc1cnc(Cl)cc1Cl. The zero-order valence-corrected chi connectivity index (χ0v) is 10.2. The van der Waals surface area contributed by atoms with E-state index in [2.05, 4.69) is 4.98 Å². The first kappa shape index (κ1) is 12.3. The molecule has 0 aromatic carbocycles. The molecule has 1 fully saturated rings. The van der Waals surface area contributed by atoms with Crippen molar-refractivity contribution in [1.82, 2.24) is 9.88 Å². The van der Waals surface area contributed by atoms with Crippen LogP contribution in [0.25, 0.3) is 0 Å². The number of nitrogens with zero attached hydrogens (tertiary/aromatic N) is 2. The molecule has 17 heavy (non-hydrogen) atoms. The van der Waals surface area contributed by atoms with E-state index in [1.54, 1.807) is 0 Å². The van der Waals surface area contributed by atoms with Crippen LogP contribution < -0.4 is 0 Å². The standard InChI is InChI=1S/C10H8Cl2N2O3/c11-7-1-8(12)13-2-6(7)3-14-9(15)4-17-5-10(14)16/h1-2H,3-5H2. The number of morpholine rings is 1. The number of hydrogen-bond acceptors (Lipinski definition) is 4. The van der Waals surface area contributed by atoms with E-state index in [1.807, 2.05) is 0 Å². The first-order valence-corrected chi connectivity index (χ1v) is 5.54. The van der Waals surface area contributed by atoms with E-state index >= 15 is 0 Å². The molecule has 0 unspecified atom stereocenters. The maximum absolute atomic E-state index is 11.5. The van der Waals surface area contributed by atoms with Crippen LogP contribution >= 0.6 is 23.2 Å². The minimum Gasteiger partial charge on any atom is -0.362 e. The van der Waals surface area contributed by atoms with Gasteiger partial charge >= 0.3 is 0 Å². The van der Waals surface area contributed by atoms with Gasteiger partial charge in [-0.05, 0) is 6.07 Å². The molecular weight excluding hydrogens is 267 g/mol. The average molecular weight is 275 g/mol. The van der Waals surface area contributed by atoms with Crippen LogP contribution in [0, 0.1) is 0 Å². The van der Waals surface area contributed by atoms with Crippen molar-refractivity contribution in [3.8, 4) is 0 Å². The number of ether oxygens (including phenoxy) is 1. The number of carbonyl (C=O) groups is 2. The Morgan fingerprint density at radius 3 is 2.53 bits per heavy atom. The number of carbonyl (C=O) groups excluding carboxylic acids is 2. The lowest BCUT2D eigenvalue weighted by Gasteiger charge is -2.25. The molecule has 1 aliphatic rings. The lowest BCUT2D eigenvalue weighted by atomic mass is 10.2. The maximum Gasteiger partial charge on any atom is 0.255 e. The van der Waals surface area contributed by atoms with Crippen LogP contribution in [0.4, 0.5) is 0 Å². The highest BCUT2D eigenvalue weighted by molar-refractivity contribution is 6.34. The summed E-state index contributed by atoms with van der Waals surface area (Å²) in [4.78, 5) is 27.9. The third-order valence-corrected chi connectivity index (χ3v) is 2.84. The summed E-state index contributed by atoms with van der Waals surface area (Å²) in [6, 6.07) is 1.47. The molecule has 0 aliphatic carbocycles. The predicted molar refractivity (Wildman–Crippen MR) is 60.6 cm³/mol. The Bertz CT molecular complexity index is 463. The quantitative estimate of drug-likeness (QED) is 0.602. The summed E-state index contributed by atoms with van der Waals surface area (Å²) in [6.07, 6.45) is 1.45. The van der Waals surface area contributed by atoms with E-state index in [4.69, 9.17) is 27.9 Å². The molecule has 5 nitrogen and oxygen atoms in total. The first-order valence-electron chi connectivity index (χ1n) is 4.79. The first-order chi connectivity index (χ1) is 8.08. The van der Waals surface area contributed by atoms with Gasteiger partial charge in [0.2, 0.25) is 0 Å². The Labute approximate surface area is 107 Å². The number of pyridine rings is 1. The monoisotopic (exact) mass is 274 g/mol. The van der Waals surface area contributed by atoms with Gasteiger partial charge in [0.05, 0.1) is 11.6 Å². The largest absolute Gasteiger partial charge is 0.362 e. The smallest absolute Gasteiger partial charge is 0.255 e. The second kappa shape index (κ2) is 5.00. The fourth-order valence-corrected chi connectivity index (χ4v) is 1.85. The van der Waals surface area contributed by atoms with Crippen molar-refractivity contribution < 1.29 is 14.3 Å². The van der Waals surface area contributed by atoms with Gasteiger partial charge in [0, 0.05) is 11.8 Å². The van der Waals surface area contributed by atoms with E-state index in [0.29, 0.717) is 10.6 Å². The van der Waals surface area contributed by atoms with Gasteiger partial charge in [-0.3, -0.25) is 14.5 Å². The van der Waals surface area contributed by atoms with Crippen LogP contribution in [0.15, 0.2) is 12.3 Å². The van der Waals surface area contributed by atoms with Crippen LogP contribution in [0.5, 0.6) is 0 Å². The summed E-state index contributed by atoms with van der Waals surface area (Å²) in [5.41, 5.74) is 0.569. The van der Waals surface area contributed by atoms with Gasteiger partial charge in [0.1, 0.15) is 18.4 Å². The molecule has 2 rings (SSSR count). The second-order valence-corrected chi connectivity index (χ2v) is 4.26. The Morgan fingerprint density at radius 2 is 1.94 bits per heavy atom. The van der Waals surface area contributed by atoms with Crippen molar-refractivity contribution in [1.29, 1.82) is 0 Å². The molecule has 1 aliphatic heterocycles. The van der Waals surface area contributed by atoms with Crippen molar-refractivity contribution in [2.24, 2.45) is 0 Å². The lowest BCUT2D eigenvalue weighted by molar-refractivity contribution is -0.159. The maximum atomic E-state index is 11.5. The van der Waals surface area contributed by atoms with E-state index in [0.717, 1.165) is 4.90 Å². The molecule has 0 N–H and O–H groups in total. The van der Waals surface area contributed by atoms with Gasteiger partial charge in [0.15, 0.2) is 0 Å². The lowest BCUT2D eigenvalue weighted by Crippen LogP contribution is -2.45. The number of rotatable bonds is 2. The van der Waals surface area contributed by atoms with E-state index < -0.39 is 0 Å². The predicted octanol–water partition coefficient (Wildman–Crippen LogP) is 1.27. The van der Waals surface area contributed by atoms with Crippen LogP contribution in [0.2, 0.25) is 10.2 Å². The second-order valence-electron chi connectivity index (χ2n) is 3.46. The highest BCUT2D eigenvalue weighted by Crippen LogP contribution is 2.20. The van der Waals surface area contributed by atoms with E-state index in [1.165, 1.54) is 12.3 Å². The van der Waals surface area contributed by atoms with Crippen molar-refractivity contribution in [2.45, 2.75) is 6.54 Å². The number of amides is 2. The van der Waals surface area contributed by atoms with Crippen molar-refractivity contribution >= 4 is 35.0 Å². The molecule has 90 valence electrons. The Kier molecular flexibility index (Phi) is 3.61. The third kappa shape index (κ3) is 2.74. The summed E-state index contributed by atoms with van der Waals surface area (Å²) < 4.78 is 4.80. The summed E-state index contributed by atoms with van der Waals surface area (Å²) in [7, 11) is 0. The Hall–Kier alpha value is -1.17. The fraction of sp³-hybridized carbons (Fsp3) is 0.300. The Balaban J connectivity index is 2.19. The molecule has 1 aromatic heterocycles. The van der Waals surface area contributed by atoms with Gasteiger partial charge in [-0.1, -0.05) is 23.2 Å². The van der Waals surface area contributed by atoms with Crippen LogP contribution in [-0.2, 0) is 20.9 Å². The minimum absolute atomic E-state index is 0.0873. The number of halogens is 2. The molecule has 1 aromatic rings. The van der Waals surface area contributed by atoms with Crippen LogP contribution in [0.3, 0.4) is 0 Å². The summed E-state index contributed by atoms with van der Waals surface area (Å²) in [6.45, 7) is -0.0984. The van der Waals surface area contributed by atoms with Crippen molar-refractivity contribution in [2.75, 3.05) is 13.2 Å². The van der Waals surface area contributed by atoms with Crippen LogP contribution in [0.1, 0.15) is 5.56 Å². The molecule has 0 bridgehead atoms. The van der Waals surface area contributed by atoms with Gasteiger partial charge in [-0.25, -0.2) is 4.98 Å². The third-order valence-electron chi connectivity index (χ3n) is 2.28. The molecule has 2 amide bonds. The number of imide groups is 1. The van der Waals surface area contributed by atoms with Gasteiger partial charge in [-0.15, -0.1) is 0 Å². The summed E-state index contributed by atoms with van der Waals surface area (Å²) in [5, 5.41) is 0.635. The zero-order valence-electron chi connectivity index (χ0n) is 8.65. The van der Waals surface area contributed by atoms with Gasteiger partial charge < -0.3 is 4.74 Å². The molecule has 1 saturated heterocycles. The molecule has 2 heterocycles. The van der Waals surface area contributed by atoms with Gasteiger partial charge in [0.25, 0.3) is 11.8 Å². The zero-order chi connectivity index (χ0) is 12.4.